The zero-order valence-electron chi connectivity index (χ0n) is 7.17. The summed E-state index contributed by atoms with van der Waals surface area (Å²) in [6, 6.07) is 3.61. The summed E-state index contributed by atoms with van der Waals surface area (Å²) in [6.45, 7) is 1.61. The summed E-state index contributed by atoms with van der Waals surface area (Å²) >= 11 is 5.55. The maximum Gasteiger partial charge on any atom is 0.130 e. The monoisotopic (exact) mass is 203 g/mol. The number of nitrogens with two attached hydrogens (primary N) is 1. The Bertz CT molecular complexity index is 304. The van der Waals surface area contributed by atoms with Crippen molar-refractivity contribution in [2.45, 2.75) is 19.1 Å². The first-order valence-electron chi connectivity index (χ1n) is 3.91. The Morgan fingerprint density at radius 3 is 2.62 bits per heavy atom. The van der Waals surface area contributed by atoms with Gasteiger partial charge in [-0.05, 0) is 19.1 Å². The summed E-state index contributed by atoms with van der Waals surface area (Å²) in [5, 5.41) is 9.77. The Balaban J connectivity index is 3.01. The van der Waals surface area contributed by atoms with E-state index in [1.807, 2.05) is 0 Å². The summed E-state index contributed by atoms with van der Waals surface area (Å²) in [6.07, 6.45) is -0.989. The van der Waals surface area contributed by atoms with Gasteiger partial charge in [0.05, 0.1) is 6.10 Å². The van der Waals surface area contributed by atoms with Crippen molar-refractivity contribution in [2.75, 3.05) is 0 Å². The van der Waals surface area contributed by atoms with Gasteiger partial charge in [-0.25, -0.2) is 4.39 Å². The number of hydrogen-bond donors (Lipinski definition) is 2. The summed E-state index contributed by atoms with van der Waals surface area (Å²) in [4.78, 5) is 0. The van der Waals surface area contributed by atoms with Crippen molar-refractivity contribution in [3.8, 4) is 0 Å². The summed E-state index contributed by atoms with van der Waals surface area (Å²) in [5.74, 6) is -0.530. The smallest absolute Gasteiger partial charge is 0.130 e. The average molecular weight is 204 g/mol. The molecule has 0 heterocycles. The fourth-order valence-electron chi connectivity index (χ4n) is 1.02. The molecule has 1 aromatic carbocycles. The first-order chi connectivity index (χ1) is 6.02. The lowest BCUT2D eigenvalue weighted by Crippen LogP contribution is -2.25. The minimum absolute atomic E-state index is 0.180. The van der Waals surface area contributed by atoms with E-state index >= 15 is 0 Å². The van der Waals surface area contributed by atoms with Crippen LogP contribution in [0.3, 0.4) is 0 Å². The van der Waals surface area contributed by atoms with E-state index in [0.717, 1.165) is 6.07 Å². The molecule has 72 valence electrons. The quantitative estimate of drug-likeness (QED) is 0.771. The molecule has 0 spiro atoms. The predicted molar refractivity (Wildman–Crippen MR) is 50.0 cm³/mol. The number of halogens is 2. The van der Waals surface area contributed by atoms with Crippen molar-refractivity contribution in [3.05, 3.63) is 34.6 Å². The highest BCUT2D eigenvalue weighted by Gasteiger charge is 2.16. The second-order valence-corrected chi connectivity index (χ2v) is 3.41. The van der Waals surface area contributed by atoms with Gasteiger partial charge >= 0.3 is 0 Å². The van der Waals surface area contributed by atoms with E-state index < -0.39 is 18.0 Å². The van der Waals surface area contributed by atoms with Gasteiger partial charge in [0.15, 0.2) is 0 Å². The van der Waals surface area contributed by atoms with Crippen molar-refractivity contribution in [3.63, 3.8) is 0 Å². The van der Waals surface area contributed by atoms with Crippen LogP contribution >= 0.6 is 11.6 Å². The van der Waals surface area contributed by atoms with Crippen molar-refractivity contribution in [1.29, 1.82) is 0 Å². The van der Waals surface area contributed by atoms with Crippen LogP contribution in [0.2, 0.25) is 5.02 Å². The van der Waals surface area contributed by atoms with Gasteiger partial charge < -0.3 is 10.8 Å². The maximum atomic E-state index is 13.2. The van der Waals surface area contributed by atoms with Gasteiger partial charge in [-0.15, -0.1) is 0 Å². The van der Waals surface area contributed by atoms with Crippen LogP contribution in [0.15, 0.2) is 18.2 Å². The van der Waals surface area contributed by atoms with Crippen LogP contribution in [-0.4, -0.2) is 11.1 Å². The maximum absolute atomic E-state index is 13.2. The molecule has 0 saturated heterocycles. The first kappa shape index (κ1) is 10.4. The predicted octanol–water partition coefficient (Wildman–Crippen LogP) is 1.86. The van der Waals surface area contributed by atoms with Crippen LogP contribution in [-0.2, 0) is 0 Å². The van der Waals surface area contributed by atoms with Gasteiger partial charge in [0, 0.05) is 16.6 Å². The molecule has 0 fully saturated rings. The van der Waals surface area contributed by atoms with Gasteiger partial charge in [-0.3, -0.25) is 0 Å². The molecule has 1 rings (SSSR count). The molecule has 0 aliphatic heterocycles. The molecule has 4 heteroatoms. The third-order valence-electron chi connectivity index (χ3n) is 1.78. The molecular formula is C9H11ClFNO. The minimum atomic E-state index is -0.989. The van der Waals surface area contributed by atoms with Crippen LogP contribution < -0.4 is 5.73 Å². The largest absolute Gasteiger partial charge is 0.387 e. The molecule has 0 aromatic heterocycles. The zero-order chi connectivity index (χ0) is 10.0. The molecule has 0 saturated carbocycles. The molecule has 0 aliphatic rings. The lowest BCUT2D eigenvalue weighted by atomic mass is 10.0. The van der Waals surface area contributed by atoms with E-state index in [0.29, 0.717) is 5.02 Å². The third-order valence-corrected chi connectivity index (χ3v) is 2.01. The summed E-state index contributed by atoms with van der Waals surface area (Å²) in [7, 11) is 0. The van der Waals surface area contributed by atoms with Crippen molar-refractivity contribution >= 4 is 11.6 Å². The van der Waals surface area contributed by atoms with Crippen molar-refractivity contribution in [2.24, 2.45) is 5.73 Å². The van der Waals surface area contributed by atoms with Crippen LogP contribution in [0.4, 0.5) is 4.39 Å². The molecular weight excluding hydrogens is 193 g/mol. The van der Waals surface area contributed by atoms with Gasteiger partial charge in [0.2, 0.25) is 0 Å². The Hall–Kier alpha value is -0.640. The highest BCUT2D eigenvalue weighted by Crippen LogP contribution is 2.22. The molecule has 2 atom stereocenters. The fraction of sp³-hybridized carbons (Fsp3) is 0.333. The van der Waals surface area contributed by atoms with E-state index in [4.69, 9.17) is 17.3 Å². The van der Waals surface area contributed by atoms with Gasteiger partial charge in [0.1, 0.15) is 5.82 Å². The number of hydrogen-bond acceptors (Lipinski definition) is 2. The Kier molecular flexibility index (Phi) is 3.25. The van der Waals surface area contributed by atoms with Gasteiger partial charge in [-0.2, -0.15) is 0 Å². The number of benzene rings is 1. The lowest BCUT2D eigenvalue weighted by molar-refractivity contribution is 0.149. The van der Waals surface area contributed by atoms with Gasteiger partial charge in [-0.1, -0.05) is 17.7 Å². The molecule has 0 unspecified atom stereocenters. The van der Waals surface area contributed by atoms with E-state index in [9.17, 15) is 9.50 Å². The second kappa shape index (κ2) is 4.05. The first-order valence-corrected chi connectivity index (χ1v) is 4.28. The van der Waals surface area contributed by atoms with Gasteiger partial charge in [0.25, 0.3) is 0 Å². The lowest BCUT2D eigenvalue weighted by Gasteiger charge is -2.15. The topological polar surface area (TPSA) is 46.2 Å². The molecule has 3 N–H and O–H groups in total. The van der Waals surface area contributed by atoms with E-state index in [1.165, 1.54) is 12.1 Å². The van der Waals surface area contributed by atoms with E-state index in [1.54, 1.807) is 6.92 Å². The normalized spacial score (nSPS) is 15.5. The van der Waals surface area contributed by atoms with Crippen LogP contribution in [0.5, 0.6) is 0 Å². The fourth-order valence-corrected chi connectivity index (χ4v) is 1.18. The summed E-state index contributed by atoms with van der Waals surface area (Å²) in [5.41, 5.74) is 5.61. The Labute approximate surface area is 81.1 Å². The van der Waals surface area contributed by atoms with Crippen LogP contribution in [0.25, 0.3) is 0 Å². The van der Waals surface area contributed by atoms with Crippen LogP contribution in [0, 0.1) is 5.82 Å². The molecule has 13 heavy (non-hydrogen) atoms. The highest BCUT2D eigenvalue weighted by molar-refractivity contribution is 6.30. The van der Waals surface area contributed by atoms with E-state index in [-0.39, 0.29) is 5.56 Å². The standard InChI is InChI=1S/C9H11ClFNO/c1-5(12)9(13)7-3-2-6(10)4-8(7)11/h2-5,9,13H,12H2,1H3/t5-,9+/m0/s1. The molecule has 0 bridgehead atoms. The third kappa shape index (κ3) is 2.40. The molecule has 0 amide bonds. The zero-order valence-corrected chi connectivity index (χ0v) is 7.92. The summed E-state index contributed by atoms with van der Waals surface area (Å²) < 4.78 is 13.2. The Morgan fingerprint density at radius 1 is 1.54 bits per heavy atom. The number of aliphatic hydroxyl groups is 1. The highest BCUT2D eigenvalue weighted by atomic mass is 35.5. The molecule has 2 nitrogen and oxygen atoms in total. The Morgan fingerprint density at radius 2 is 2.15 bits per heavy atom. The molecule has 0 radical (unpaired) electrons. The SMILES string of the molecule is C[C@H](N)[C@@H](O)c1ccc(Cl)cc1F. The van der Waals surface area contributed by atoms with Crippen molar-refractivity contribution in [1.82, 2.24) is 0 Å². The van der Waals surface area contributed by atoms with Crippen molar-refractivity contribution < 1.29 is 9.50 Å². The number of aliphatic hydroxyl groups excluding tert-OH is 1. The molecule has 0 aliphatic carbocycles. The van der Waals surface area contributed by atoms with E-state index in [2.05, 4.69) is 0 Å². The average Bonchev–Trinajstić information content (AvgIpc) is 2.03. The van der Waals surface area contributed by atoms with Crippen LogP contribution in [0.1, 0.15) is 18.6 Å². The second-order valence-electron chi connectivity index (χ2n) is 2.97. The molecule has 1 aromatic rings. The minimum Gasteiger partial charge on any atom is -0.387 e. The number of rotatable bonds is 2.